The van der Waals surface area contributed by atoms with Crippen LogP contribution in [0.2, 0.25) is 0 Å². The van der Waals surface area contributed by atoms with Crippen LogP contribution in [0, 0.1) is 0 Å². The molecule has 0 N–H and O–H groups in total. The second-order valence-electron chi connectivity index (χ2n) is 6.73. The lowest BCUT2D eigenvalue weighted by atomic mass is 10.0. The van der Waals surface area contributed by atoms with Crippen LogP contribution >= 0.6 is 11.8 Å². The van der Waals surface area contributed by atoms with Crippen molar-refractivity contribution in [2.45, 2.75) is 31.6 Å². The Morgan fingerprint density at radius 1 is 1.00 bits per heavy atom. The molecule has 0 spiro atoms. The number of hydrogen-bond acceptors (Lipinski definition) is 5. The van der Waals surface area contributed by atoms with Crippen LogP contribution in [-0.2, 0) is 14.3 Å². The van der Waals surface area contributed by atoms with Gasteiger partial charge in [-0.1, -0.05) is 25.1 Å². The van der Waals surface area contributed by atoms with Gasteiger partial charge in [0.15, 0.2) is 0 Å². The molecule has 0 saturated carbocycles. The van der Waals surface area contributed by atoms with E-state index in [4.69, 9.17) is 14.2 Å². The van der Waals surface area contributed by atoms with Crippen molar-refractivity contribution < 1.29 is 19.0 Å². The van der Waals surface area contributed by atoms with Crippen LogP contribution in [0.25, 0.3) is 17.2 Å². The summed E-state index contributed by atoms with van der Waals surface area (Å²) in [6.45, 7) is 6.25. The molecular weight excluding hydrogens is 384 g/mol. The first kappa shape index (κ1) is 21.5. The highest BCUT2D eigenvalue weighted by Crippen LogP contribution is 2.34. The van der Waals surface area contributed by atoms with Gasteiger partial charge in [-0.15, -0.1) is 11.8 Å². The summed E-state index contributed by atoms with van der Waals surface area (Å²) in [5, 5.41) is 0. The smallest absolute Gasteiger partial charge is 0.334 e. The Morgan fingerprint density at radius 2 is 1.79 bits per heavy atom. The van der Waals surface area contributed by atoms with E-state index in [1.165, 1.54) is 4.90 Å². The molecule has 2 aromatic rings. The van der Waals surface area contributed by atoms with E-state index >= 15 is 0 Å². The van der Waals surface area contributed by atoms with Gasteiger partial charge in [-0.3, -0.25) is 0 Å². The quantitative estimate of drug-likeness (QED) is 0.396. The molecule has 0 unspecified atom stereocenters. The summed E-state index contributed by atoms with van der Waals surface area (Å²) in [5.41, 5.74) is 4.04. The lowest BCUT2D eigenvalue weighted by molar-refractivity contribution is -0.138. The first-order valence-corrected chi connectivity index (χ1v) is 11.1. The van der Waals surface area contributed by atoms with Gasteiger partial charge in [-0.05, 0) is 66.8 Å². The van der Waals surface area contributed by atoms with Crippen LogP contribution in [0.4, 0.5) is 0 Å². The summed E-state index contributed by atoms with van der Waals surface area (Å²) in [6, 6.07) is 14.5. The van der Waals surface area contributed by atoms with E-state index in [1.807, 2.05) is 25.1 Å². The van der Waals surface area contributed by atoms with Gasteiger partial charge < -0.3 is 14.2 Å². The molecule has 154 valence electrons. The minimum atomic E-state index is -0.212. The first-order chi connectivity index (χ1) is 14.2. The zero-order chi connectivity index (χ0) is 20.5. The van der Waals surface area contributed by atoms with E-state index in [0.29, 0.717) is 19.8 Å². The fraction of sp³-hybridized carbons (Fsp3) is 0.375. The Kier molecular flexibility index (Phi) is 8.20. The molecule has 0 bridgehead atoms. The van der Waals surface area contributed by atoms with Crippen molar-refractivity contribution in [1.82, 2.24) is 0 Å². The third-order valence-electron chi connectivity index (χ3n) is 4.54. The Hall–Kier alpha value is -2.24. The van der Waals surface area contributed by atoms with Gasteiger partial charge in [0.25, 0.3) is 0 Å². The molecule has 0 aromatic heterocycles. The molecule has 5 heteroatoms. The predicted molar refractivity (Wildman–Crippen MR) is 118 cm³/mol. The third kappa shape index (κ3) is 6.12. The normalized spacial score (nSPS) is 13.2. The van der Waals surface area contributed by atoms with Crippen LogP contribution in [0.5, 0.6) is 5.75 Å². The highest BCUT2D eigenvalue weighted by Gasteiger charge is 2.16. The molecule has 29 heavy (non-hydrogen) atoms. The monoisotopic (exact) mass is 412 g/mol. The summed E-state index contributed by atoms with van der Waals surface area (Å²) < 4.78 is 16.4. The van der Waals surface area contributed by atoms with E-state index in [9.17, 15) is 4.79 Å². The van der Waals surface area contributed by atoms with Crippen molar-refractivity contribution in [2.24, 2.45) is 0 Å². The molecular formula is C24H28O4S. The van der Waals surface area contributed by atoms with Gasteiger partial charge in [0.1, 0.15) is 12.4 Å². The van der Waals surface area contributed by atoms with Gasteiger partial charge in [0, 0.05) is 22.8 Å². The first-order valence-electron chi connectivity index (χ1n) is 10.2. The molecule has 1 aliphatic heterocycles. The minimum Gasteiger partial charge on any atom is -0.491 e. The van der Waals surface area contributed by atoms with E-state index in [0.717, 1.165) is 53.2 Å². The van der Waals surface area contributed by atoms with Crippen molar-refractivity contribution >= 4 is 23.8 Å². The number of hydrogen-bond donors (Lipinski definition) is 0. The molecule has 0 radical (unpaired) electrons. The number of carbonyl (C=O) groups is 1. The zero-order valence-electron chi connectivity index (χ0n) is 17.1. The number of esters is 1. The topological polar surface area (TPSA) is 44.8 Å². The SMILES string of the molecule is CCCOCCOc1ccc(-c2ccc3c(c2)C=C(C(=O)OCC)CCS3)cc1. The number of rotatable bonds is 9. The molecule has 1 aliphatic rings. The molecule has 0 amide bonds. The maximum absolute atomic E-state index is 12.2. The maximum Gasteiger partial charge on any atom is 0.334 e. The zero-order valence-corrected chi connectivity index (χ0v) is 17.9. The standard InChI is InChI=1S/C24H28O4S/c1-3-12-26-13-14-28-22-8-5-18(6-9-22)19-7-10-23-21(16-19)17-20(11-15-29-23)24(25)27-4-2/h5-10,16-17H,3-4,11-15H2,1-2H3. The Morgan fingerprint density at radius 3 is 2.55 bits per heavy atom. The van der Waals surface area contributed by atoms with Crippen molar-refractivity contribution in [3.63, 3.8) is 0 Å². The van der Waals surface area contributed by atoms with Crippen LogP contribution in [0.1, 0.15) is 32.3 Å². The Bertz CT molecular complexity index is 842. The van der Waals surface area contributed by atoms with Gasteiger partial charge in [-0.25, -0.2) is 4.79 Å². The molecule has 4 nitrogen and oxygen atoms in total. The van der Waals surface area contributed by atoms with E-state index in [2.05, 4.69) is 37.3 Å². The number of fused-ring (bicyclic) bond motifs is 1. The van der Waals surface area contributed by atoms with Crippen molar-refractivity contribution in [1.29, 1.82) is 0 Å². The van der Waals surface area contributed by atoms with Crippen molar-refractivity contribution in [3.05, 3.63) is 53.6 Å². The average molecular weight is 413 g/mol. The molecule has 3 rings (SSSR count). The second kappa shape index (κ2) is 11.1. The predicted octanol–water partition coefficient (Wildman–Crippen LogP) is 5.60. The number of benzene rings is 2. The Labute approximate surface area is 177 Å². The molecule has 0 fully saturated rings. The molecule has 2 aromatic carbocycles. The van der Waals surface area contributed by atoms with Gasteiger partial charge in [0.2, 0.25) is 0 Å². The summed E-state index contributed by atoms with van der Waals surface area (Å²) >= 11 is 1.78. The van der Waals surface area contributed by atoms with Crippen LogP contribution in [0.15, 0.2) is 52.9 Å². The van der Waals surface area contributed by atoms with Gasteiger partial charge in [-0.2, -0.15) is 0 Å². The fourth-order valence-electron chi connectivity index (χ4n) is 3.10. The van der Waals surface area contributed by atoms with Crippen molar-refractivity contribution in [2.75, 3.05) is 32.2 Å². The van der Waals surface area contributed by atoms with E-state index in [-0.39, 0.29) is 5.97 Å². The maximum atomic E-state index is 12.2. The summed E-state index contributed by atoms with van der Waals surface area (Å²) in [4.78, 5) is 13.4. The van der Waals surface area contributed by atoms with E-state index in [1.54, 1.807) is 11.8 Å². The lowest BCUT2D eigenvalue weighted by Crippen LogP contribution is -2.07. The van der Waals surface area contributed by atoms with Gasteiger partial charge in [0.05, 0.1) is 13.2 Å². The molecule has 0 atom stereocenters. The largest absolute Gasteiger partial charge is 0.491 e. The number of thioether (sulfide) groups is 1. The highest BCUT2D eigenvalue weighted by molar-refractivity contribution is 7.99. The van der Waals surface area contributed by atoms with E-state index < -0.39 is 0 Å². The van der Waals surface area contributed by atoms with Crippen LogP contribution < -0.4 is 4.74 Å². The van der Waals surface area contributed by atoms with Crippen molar-refractivity contribution in [3.8, 4) is 16.9 Å². The third-order valence-corrected chi connectivity index (χ3v) is 5.63. The lowest BCUT2D eigenvalue weighted by Gasteiger charge is -2.10. The van der Waals surface area contributed by atoms with Crippen LogP contribution in [-0.4, -0.2) is 38.1 Å². The second-order valence-corrected chi connectivity index (χ2v) is 7.86. The Balaban J connectivity index is 1.72. The summed E-state index contributed by atoms with van der Waals surface area (Å²) in [7, 11) is 0. The minimum absolute atomic E-state index is 0.212. The van der Waals surface area contributed by atoms with Gasteiger partial charge >= 0.3 is 5.97 Å². The molecule has 0 aliphatic carbocycles. The average Bonchev–Trinajstić information content (AvgIpc) is 2.96. The highest BCUT2D eigenvalue weighted by atomic mass is 32.2. The van der Waals surface area contributed by atoms with Crippen LogP contribution in [0.3, 0.4) is 0 Å². The molecule has 0 saturated heterocycles. The number of carbonyl (C=O) groups excluding carboxylic acids is 1. The fourth-order valence-corrected chi connectivity index (χ4v) is 4.09. The molecule has 1 heterocycles. The summed E-state index contributed by atoms with van der Waals surface area (Å²) in [6.07, 6.45) is 3.72. The number of ether oxygens (including phenoxy) is 3. The summed E-state index contributed by atoms with van der Waals surface area (Å²) in [5.74, 6) is 1.50.